The number of hydrogen-bond donors (Lipinski definition) is 2. The summed E-state index contributed by atoms with van der Waals surface area (Å²) in [4.78, 5) is 32.7. The number of aromatic amines is 1. The number of fused-ring (bicyclic) bond motifs is 2. The fourth-order valence-corrected chi connectivity index (χ4v) is 3.86. The molecule has 0 amide bonds. The van der Waals surface area contributed by atoms with Crippen LogP contribution < -0.4 is 10.9 Å². The zero-order valence-electron chi connectivity index (χ0n) is 16.2. The SMILES string of the molecule is C[C@@H](Nc1ncnc2[nH]cnc12)c1cc2cccc(Cl)c2c(=O)n1-c1cccnc1F. The Kier molecular flexibility index (Phi) is 4.59. The van der Waals surface area contributed by atoms with Gasteiger partial charge < -0.3 is 10.3 Å². The second-order valence-electron chi connectivity index (χ2n) is 6.92. The van der Waals surface area contributed by atoms with Crippen molar-refractivity contribution in [2.24, 2.45) is 0 Å². The molecule has 5 rings (SSSR count). The van der Waals surface area contributed by atoms with Crippen molar-refractivity contribution in [2.45, 2.75) is 13.0 Å². The number of H-pyrrole nitrogens is 1. The van der Waals surface area contributed by atoms with Gasteiger partial charge in [0.15, 0.2) is 11.5 Å². The van der Waals surface area contributed by atoms with E-state index in [-0.39, 0.29) is 5.69 Å². The summed E-state index contributed by atoms with van der Waals surface area (Å²) >= 11 is 6.31. The second kappa shape index (κ2) is 7.44. The summed E-state index contributed by atoms with van der Waals surface area (Å²) in [6, 6.07) is 9.60. The van der Waals surface area contributed by atoms with Gasteiger partial charge in [-0.1, -0.05) is 23.7 Å². The smallest absolute Gasteiger partial charge is 0.264 e. The molecule has 1 atom stereocenters. The van der Waals surface area contributed by atoms with Gasteiger partial charge in [0.1, 0.15) is 17.5 Å². The number of nitrogens with zero attached hydrogens (tertiary/aromatic N) is 5. The van der Waals surface area contributed by atoms with Crippen LogP contribution in [0.4, 0.5) is 10.2 Å². The summed E-state index contributed by atoms with van der Waals surface area (Å²) in [5.41, 5.74) is 1.23. The number of hydrogen-bond acceptors (Lipinski definition) is 6. The van der Waals surface area contributed by atoms with Gasteiger partial charge in [0.05, 0.1) is 22.8 Å². The minimum absolute atomic E-state index is 0.0329. The maximum atomic E-state index is 14.6. The van der Waals surface area contributed by atoms with Crippen LogP contribution in [0.15, 0.2) is 60.0 Å². The molecule has 5 aromatic rings. The van der Waals surface area contributed by atoms with Crippen LogP contribution in [0, 0.1) is 5.95 Å². The highest BCUT2D eigenvalue weighted by molar-refractivity contribution is 6.35. The molecule has 0 aliphatic heterocycles. The Balaban J connectivity index is 1.74. The van der Waals surface area contributed by atoms with Crippen molar-refractivity contribution in [3.8, 4) is 5.69 Å². The summed E-state index contributed by atoms with van der Waals surface area (Å²) in [7, 11) is 0. The fourth-order valence-electron chi connectivity index (χ4n) is 3.60. The monoisotopic (exact) mass is 435 g/mol. The third kappa shape index (κ3) is 3.19. The van der Waals surface area contributed by atoms with Crippen LogP contribution in [0.5, 0.6) is 0 Å². The van der Waals surface area contributed by atoms with E-state index < -0.39 is 17.5 Å². The molecule has 10 heteroatoms. The molecule has 0 aliphatic carbocycles. The molecule has 0 fully saturated rings. The third-order valence-electron chi connectivity index (χ3n) is 5.02. The average Bonchev–Trinajstić information content (AvgIpc) is 3.24. The molecule has 31 heavy (non-hydrogen) atoms. The van der Waals surface area contributed by atoms with Gasteiger partial charge >= 0.3 is 0 Å². The molecule has 1 aromatic carbocycles. The molecular weight excluding hydrogens is 421 g/mol. The standard InChI is InChI=1S/C21H15ClFN7O/c1-11(29-20-17-19(26-9-25-17)27-10-28-20)15-8-12-4-2-5-13(22)16(12)21(31)30(15)14-6-3-7-24-18(14)23/h2-11H,1H3,(H2,25,26,27,28,29)/t11-/m1/s1. The molecule has 0 unspecified atom stereocenters. The molecule has 154 valence electrons. The van der Waals surface area contributed by atoms with Crippen LogP contribution in [0.3, 0.4) is 0 Å². The lowest BCUT2D eigenvalue weighted by atomic mass is 10.1. The minimum atomic E-state index is -0.763. The maximum Gasteiger partial charge on any atom is 0.264 e. The fraction of sp³-hybridized carbons (Fsp3) is 0.0952. The Labute approximate surface area is 179 Å². The molecule has 0 saturated heterocycles. The van der Waals surface area contributed by atoms with E-state index in [9.17, 15) is 9.18 Å². The van der Waals surface area contributed by atoms with E-state index >= 15 is 0 Å². The van der Waals surface area contributed by atoms with Gasteiger partial charge in [0.2, 0.25) is 5.95 Å². The second-order valence-corrected chi connectivity index (χ2v) is 7.32. The zero-order chi connectivity index (χ0) is 21.5. The Morgan fingerprint density at radius 3 is 2.87 bits per heavy atom. The van der Waals surface area contributed by atoms with Crippen molar-refractivity contribution in [1.29, 1.82) is 0 Å². The first-order chi connectivity index (χ1) is 15.0. The number of nitrogens with one attached hydrogen (secondary N) is 2. The highest BCUT2D eigenvalue weighted by atomic mass is 35.5. The van der Waals surface area contributed by atoms with Gasteiger partial charge in [-0.15, -0.1) is 0 Å². The molecular formula is C21H15ClFN7O. The average molecular weight is 436 g/mol. The Bertz CT molecular complexity index is 1500. The number of imidazole rings is 1. The van der Waals surface area contributed by atoms with E-state index in [1.807, 2.05) is 6.92 Å². The lowest BCUT2D eigenvalue weighted by Crippen LogP contribution is -2.26. The van der Waals surface area contributed by atoms with Crippen LogP contribution in [0.1, 0.15) is 18.7 Å². The van der Waals surface area contributed by atoms with Crippen LogP contribution in [-0.2, 0) is 0 Å². The molecule has 0 spiro atoms. The van der Waals surface area contributed by atoms with E-state index in [0.717, 1.165) is 0 Å². The largest absolute Gasteiger partial charge is 0.360 e. The number of pyridine rings is 2. The predicted octanol–water partition coefficient (Wildman–Crippen LogP) is 4.02. The first-order valence-electron chi connectivity index (χ1n) is 9.40. The van der Waals surface area contributed by atoms with E-state index in [1.54, 1.807) is 30.3 Å². The Hall–Kier alpha value is -3.85. The van der Waals surface area contributed by atoms with Gasteiger partial charge in [-0.05, 0) is 36.6 Å². The van der Waals surface area contributed by atoms with Gasteiger partial charge in [0.25, 0.3) is 5.56 Å². The van der Waals surface area contributed by atoms with Crippen LogP contribution in [0.25, 0.3) is 27.6 Å². The highest BCUT2D eigenvalue weighted by Crippen LogP contribution is 2.28. The topological polar surface area (TPSA) is 101 Å². The van der Waals surface area contributed by atoms with E-state index in [1.165, 1.54) is 29.5 Å². The van der Waals surface area contributed by atoms with Gasteiger partial charge in [-0.2, -0.15) is 4.39 Å². The van der Waals surface area contributed by atoms with Crippen LogP contribution in [0.2, 0.25) is 5.02 Å². The number of rotatable bonds is 4. The van der Waals surface area contributed by atoms with E-state index in [0.29, 0.717) is 38.5 Å². The molecule has 0 bridgehead atoms. The van der Waals surface area contributed by atoms with Crippen molar-refractivity contribution in [3.05, 3.63) is 82.3 Å². The van der Waals surface area contributed by atoms with Crippen LogP contribution in [-0.4, -0.2) is 29.5 Å². The first kappa shape index (κ1) is 19.1. The molecule has 0 radical (unpaired) electrons. The van der Waals surface area contributed by atoms with Gasteiger partial charge in [-0.25, -0.2) is 19.9 Å². The minimum Gasteiger partial charge on any atom is -0.360 e. The summed E-state index contributed by atoms with van der Waals surface area (Å²) < 4.78 is 15.9. The zero-order valence-corrected chi connectivity index (χ0v) is 16.9. The quantitative estimate of drug-likeness (QED) is 0.413. The lowest BCUT2D eigenvalue weighted by molar-refractivity contribution is 0.569. The number of anilines is 1. The molecule has 2 N–H and O–H groups in total. The van der Waals surface area contributed by atoms with E-state index in [2.05, 4.69) is 30.2 Å². The van der Waals surface area contributed by atoms with Crippen molar-refractivity contribution in [3.63, 3.8) is 0 Å². The first-order valence-corrected chi connectivity index (χ1v) is 9.78. The number of aromatic nitrogens is 6. The molecule has 0 saturated carbocycles. The Morgan fingerprint density at radius 1 is 1.16 bits per heavy atom. The van der Waals surface area contributed by atoms with Crippen LogP contribution >= 0.6 is 11.6 Å². The Morgan fingerprint density at radius 2 is 2.03 bits per heavy atom. The maximum absolute atomic E-state index is 14.6. The van der Waals surface area contributed by atoms with Crippen molar-refractivity contribution < 1.29 is 4.39 Å². The third-order valence-corrected chi connectivity index (χ3v) is 5.33. The summed E-state index contributed by atoms with van der Waals surface area (Å²) in [5.74, 6) is -0.281. The van der Waals surface area contributed by atoms with E-state index in [4.69, 9.17) is 11.6 Å². The normalized spacial score (nSPS) is 12.4. The summed E-state index contributed by atoms with van der Waals surface area (Å²) in [5, 5.41) is 4.50. The lowest BCUT2D eigenvalue weighted by Gasteiger charge is -2.21. The summed E-state index contributed by atoms with van der Waals surface area (Å²) in [6.45, 7) is 1.84. The summed E-state index contributed by atoms with van der Waals surface area (Å²) in [6.07, 6.45) is 4.26. The highest BCUT2D eigenvalue weighted by Gasteiger charge is 2.21. The molecule has 0 aliphatic rings. The molecule has 4 heterocycles. The van der Waals surface area contributed by atoms with Crippen molar-refractivity contribution in [2.75, 3.05) is 5.32 Å². The predicted molar refractivity (Wildman–Crippen MR) is 116 cm³/mol. The number of halogens is 2. The molecule has 4 aromatic heterocycles. The van der Waals surface area contributed by atoms with Gasteiger partial charge in [0, 0.05) is 11.9 Å². The molecule has 8 nitrogen and oxygen atoms in total. The van der Waals surface area contributed by atoms with Gasteiger partial charge in [-0.3, -0.25) is 9.36 Å². The van der Waals surface area contributed by atoms with Crippen molar-refractivity contribution >= 4 is 39.4 Å². The van der Waals surface area contributed by atoms with Crippen molar-refractivity contribution in [1.82, 2.24) is 29.5 Å². The number of benzene rings is 1.